The Bertz CT molecular complexity index is 406. The summed E-state index contributed by atoms with van der Waals surface area (Å²) in [5, 5.41) is 18.0. The number of hydrogen-bond acceptors (Lipinski definition) is 3. The van der Waals surface area contributed by atoms with E-state index in [1.54, 1.807) is 20.8 Å². The maximum Gasteiger partial charge on any atom is 0.303 e. The number of H-pyrrole nitrogens is 1. The minimum atomic E-state index is -0.859. The maximum atomic E-state index is 11.8. The molecule has 94 valence electrons. The van der Waals surface area contributed by atoms with Crippen LogP contribution in [-0.4, -0.2) is 33.7 Å². The third-order valence-corrected chi connectivity index (χ3v) is 2.49. The van der Waals surface area contributed by atoms with Gasteiger partial charge in [-0.1, -0.05) is 6.92 Å². The predicted octanol–water partition coefficient (Wildman–Crippen LogP) is 0.867. The number of carbonyl (C=O) groups is 2. The number of amides is 1. The second-order valence-electron chi connectivity index (χ2n) is 4.22. The van der Waals surface area contributed by atoms with Crippen molar-refractivity contribution in [2.75, 3.05) is 6.54 Å². The van der Waals surface area contributed by atoms with Crippen LogP contribution in [0, 0.1) is 19.8 Å². The molecule has 1 aromatic heterocycles. The summed E-state index contributed by atoms with van der Waals surface area (Å²) >= 11 is 0. The quantitative estimate of drug-likeness (QED) is 0.710. The van der Waals surface area contributed by atoms with Crippen LogP contribution in [0.25, 0.3) is 0 Å². The summed E-state index contributed by atoms with van der Waals surface area (Å²) in [5.74, 6) is -1.17. The van der Waals surface area contributed by atoms with Crippen molar-refractivity contribution >= 4 is 11.9 Å². The van der Waals surface area contributed by atoms with Crippen molar-refractivity contribution in [2.45, 2.75) is 27.2 Å². The Hall–Kier alpha value is -1.85. The number of aromatic nitrogens is 2. The number of nitrogens with zero attached hydrogens (tertiary/aromatic N) is 1. The summed E-state index contributed by atoms with van der Waals surface area (Å²) < 4.78 is 0. The minimum absolute atomic E-state index is 0.0453. The third kappa shape index (κ3) is 3.58. The second-order valence-corrected chi connectivity index (χ2v) is 4.22. The molecule has 1 unspecified atom stereocenters. The minimum Gasteiger partial charge on any atom is -0.481 e. The van der Waals surface area contributed by atoms with Gasteiger partial charge in [-0.25, -0.2) is 0 Å². The van der Waals surface area contributed by atoms with E-state index < -0.39 is 5.97 Å². The van der Waals surface area contributed by atoms with Gasteiger partial charge in [0.2, 0.25) is 0 Å². The van der Waals surface area contributed by atoms with E-state index in [4.69, 9.17) is 5.11 Å². The molecule has 6 heteroatoms. The normalized spacial score (nSPS) is 12.2. The fourth-order valence-corrected chi connectivity index (χ4v) is 1.61. The van der Waals surface area contributed by atoms with E-state index in [0.29, 0.717) is 23.5 Å². The highest BCUT2D eigenvalue weighted by atomic mass is 16.4. The molecule has 0 saturated heterocycles. The van der Waals surface area contributed by atoms with Crippen molar-refractivity contribution in [1.29, 1.82) is 0 Å². The lowest BCUT2D eigenvalue weighted by atomic mass is 10.1. The maximum absolute atomic E-state index is 11.8. The van der Waals surface area contributed by atoms with Gasteiger partial charge in [-0.05, 0) is 19.8 Å². The first-order valence-electron chi connectivity index (χ1n) is 5.43. The van der Waals surface area contributed by atoms with Gasteiger partial charge in [-0.15, -0.1) is 0 Å². The molecule has 0 bridgehead atoms. The summed E-state index contributed by atoms with van der Waals surface area (Å²) in [6.45, 7) is 5.65. The molecule has 0 saturated carbocycles. The van der Waals surface area contributed by atoms with E-state index in [9.17, 15) is 9.59 Å². The summed E-state index contributed by atoms with van der Waals surface area (Å²) in [4.78, 5) is 22.3. The lowest BCUT2D eigenvalue weighted by Crippen LogP contribution is -2.29. The Balaban J connectivity index is 2.53. The molecule has 6 nitrogen and oxygen atoms in total. The Kier molecular flexibility index (Phi) is 4.25. The smallest absolute Gasteiger partial charge is 0.303 e. The SMILES string of the molecule is Cc1n[nH]c(C)c1C(=O)NCC(C)CC(=O)O. The molecule has 0 aliphatic rings. The summed E-state index contributed by atoms with van der Waals surface area (Å²) in [6, 6.07) is 0. The number of carboxylic acids is 1. The van der Waals surface area contributed by atoms with Gasteiger partial charge >= 0.3 is 5.97 Å². The molecular weight excluding hydrogens is 222 g/mol. The van der Waals surface area contributed by atoms with Crippen LogP contribution in [0.15, 0.2) is 0 Å². The largest absolute Gasteiger partial charge is 0.481 e. The van der Waals surface area contributed by atoms with Gasteiger partial charge in [0.1, 0.15) is 0 Å². The van der Waals surface area contributed by atoms with Crippen LogP contribution in [-0.2, 0) is 4.79 Å². The Morgan fingerprint density at radius 1 is 1.47 bits per heavy atom. The number of aryl methyl sites for hydroxylation is 2. The monoisotopic (exact) mass is 239 g/mol. The first-order chi connectivity index (χ1) is 7.91. The van der Waals surface area contributed by atoms with Crippen LogP contribution < -0.4 is 5.32 Å². The number of carbonyl (C=O) groups excluding carboxylic acids is 1. The van der Waals surface area contributed by atoms with Gasteiger partial charge in [-0.2, -0.15) is 5.10 Å². The van der Waals surface area contributed by atoms with Gasteiger partial charge in [-0.3, -0.25) is 14.7 Å². The average Bonchev–Trinajstić information content (AvgIpc) is 2.54. The molecule has 1 rings (SSSR count). The Morgan fingerprint density at radius 3 is 2.59 bits per heavy atom. The highest BCUT2D eigenvalue weighted by Gasteiger charge is 2.16. The molecule has 0 aliphatic heterocycles. The van der Waals surface area contributed by atoms with Crippen molar-refractivity contribution < 1.29 is 14.7 Å². The second kappa shape index (κ2) is 5.47. The highest BCUT2D eigenvalue weighted by molar-refractivity contribution is 5.96. The fourth-order valence-electron chi connectivity index (χ4n) is 1.61. The van der Waals surface area contributed by atoms with Gasteiger partial charge in [0.25, 0.3) is 5.91 Å². The number of aliphatic carboxylic acids is 1. The highest BCUT2D eigenvalue weighted by Crippen LogP contribution is 2.09. The van der Waals surface area contributed by atoms with Crippen LogP contribution in [0.1, 0.15) is 35.1 Å². The topological polar surface area (TPSA) is 95.1 Å². The molecule has 0 spiro atoms. The lowest BCUT2D eigenvalue weighted by Gasteiger charge is -2.10. The van der Waals surface area contributed by atoms with Crippen LogP contribution in [0.2, 0.25) is 0 Å². The molecule has 0 aliphatic carbocycles. The molecule has 1 heterocycles. The number of carboxylic acid groups (broad SMARTS) is 1. The van der Waals surface area contributed by atoms with E-state index in [2.05, 4.69) is 15.5 Å². The van der Waals surface area contributed by atoms with E-state index in [1.807, 2.05) is 0 Å². The van der Waals surface area contributed by atoms with Gasteiger partial charge in [0.05, 0.1) is 11.3 Å². The van der Waals surface area contributed by atoms with Crippen molar-refractivity contribution in [1.82, 2.24) is 15.5 Å². The van der Waals surface area contributed by atoms with E-state index in [1.165, 1.54) is 0 Å². The lowest BCUT2D eigenvalue weighted by molar-refractivity contribution is -0.137. The van der Waals surface area contributed by atoms with Crippen molar-refractivity contribution in [3.05, 3.63) is 17.0 Å². The zero-order valence-electron chi connectivity index (χ0n) is 10.2. The molecule has 1 atom stereocenters. The first-order valence-corrected chi connectivity index (χ1v) is 5.43. The van der Waals surface area contributed by atoms with Crippen LogP contribution in [0.4, 0.5) is 0 Å². The number of nitrogens with one attached hydrogen (secondary N) is 2. The molecule has 17 heavy (non-hydrogen) atoms. The summed E-state index contributed by atoms with van der Waals surface area (Å²) in [5.41, 5.74) is 1.89. The van der Waals surface area contributed by atoms with Gasteiger partial charge in [0.15, 0.2) is 0 Å². The molecule has 1 aromatic rings. The van der Waals surface area contributed by atoms with Crippen molar-refractivity contribution in [3.8, 4) is 0 Å². The van der Waals surface area contributed by atoms with E-state index >= 15 is 0 Å². The van der Waals surface area contributed by atoms with Gasteiger partial charge in [0, 0.05) is 18.7 Å². The molecule has 0 fully saturated rings. The number of aromatic amines is 1. The van der Waals surface area contributed by atoms with E-state index in [-0.39, 0.29) is 18.2 Å². The first kappa shape index (κ1) is 13.2. The van der Waals surface area contributed by atoms with Crippen LogP contribution >= 0.6 is 0 Å². The standard InChI is InChI=1S/C11H17N3O3/c1-6(4-9(15)16)5-12-11(17)10-7(2)13-14-8(10)3/h6H,4-5H2,1-3H3,(H,12,17)(H,13,14)(H,15,16). The zero-order valence-corrected chi connectivity index (χ0v) is 10.2. The molecule has 3 N–H and O–H groups in total. The molecule has 0 radical (unpaired) electrons. The van der Waals surface area contributed by atoms with Gasteiger partial charge < -0.3 is 10.4 Å². The Morgan fingerprint density at radius 2 is 2.12 bits per heavy atom. The molecular formula is C11H17N3O3. The van der Waals surface area contributed by atoms with Crippen LogP contribution in [0.5, 0.6) is 0 Å². The van der Waals surface area contributed by atoms with Crippen LogP contribution in [0.3, 0.4) is 0 Å². The molecule has 1 amide bonds. The van der Waals surface area contributed by atoms with Crippen molar-refractivity contribution in [3.63, 3.8) is 0 Å². The predicted molar refractivity (Wildman–Crippen MR) is 61.8 cm³/mol. The molecule has 0 aromatic carbocycles. The van der Waals surface area contributed by atoms with E-state index in [0.717, 1.165) is 0 Å². The fraction of sp³-hybridized carbons (Fsp3) is 0.545. The van der Waals surface area contributed by atoms with Crippen molar-refractivity contribution in [2.24, 2.45) is 5.92 Å². The average molecular weight is 239 g/mol. The third-order valence-electron chi connectivity index (χ3n) is 2.49. The number of rotatable bonds is 5. The zero-order chi connectivity index (χ0) is 13.0. The summed E-state index contributed by atoms with van der Waals surface area (Å²) in [6.07, 6.45) is 0.0453. The summed E-state index contributed by atoms with van der Waals surface area (Å²) in [7, 11) is 0. The Labute approximate surface area is 99.4 Å². The number of hydrogen-bond donors (Lipinski definition) is 3.